The van der Waals surface area contributed by atoms with Crippen LogP contribution in [0.15, 0.2) is 45.7 Å². The molecule has 0 spiro atoms. The van der Waals surface area contributed by atoms with Gasteiger partial charge in [0.15, 0.2) is 4.67 Å². The maximum Gasteiger partial charge on any atom is 0.260 e. The second kappa shape index (κ2) is 5.01. The number of carbonyl (C=O) groups excluding carboxylic acids is 1. The van der Waals surface area contributed by atoms with Crippen LogP contribution in [0, 0.1) is 3.57 Å². The zero-order chi connectivity index (χ0) is 11.5. The first-order valence-electron chi connectivity index (χ1n) is 4.47. The molecule has 0 saturated heterocycles. The van der Waals surface area contributed by atoms with E-state index in [0.717, 1.165) is 9.26 Å². The van der Waals surface area contributed by atoms with Crippen molar-refractivity contribution in [3.8, 4) is 0 Å². The first kappa shape index (κ1) is 11.7. The van der Waals surface area contributed by atoms with Gasteiger partial charge in [-0.05, 0) is 56.7 Å². The molecule has 0 fully saturated rings. The SMILES string of the molecule is O=C(Nc1ccccc1I)c1ccoc1Br. The normalized spacial score (nSPS) is 10.1. The quantitative estimate of drug-likeness (QED) is 0.789. The molecule has 1 aromatic heterocycles. The molecule has 0 aliphatic rings. The largest absolute Gasteiger partial charge is 0.457 e. The van der Waals surface area contributed by atoms with E-state index in [2.05, 4.69) is 43.8 Å². The van der Waals surface area contributed by atoms with Crippen LogP contribution >= 0.6 is 38.5 Å². The van der Waals surface area contributed by atoms with E-state index >= 15 is 0 Å². The minimum absolute atomic E-state index is 0.190. The van der Waals surface area contributed by atoms with Gasteiger partial charge in [-0.15, -0.1) is 0 Å². The van der Waals surface area contributed by atoms with Crippen LogP contribution in [-0.4, -0.2) is 5.91 Å². The standard InChI is InChI=1S/C11H7BrINO2/c12-10-7(5-6-16-10)11(15)14-9-4-2-1-3-8(9)13/h1-6H,(H,14,15). The van der Waals surface area contributed by atoms with E-state index in [0.29, 0.717) is 10.2 Å². The van der Waals surface area contributed by atoms with Crippen molar-refractivity contribution in [2.45, 2.75) is 0 Å². The van der Waals surface area contributed by atoms with Crippen molar-refractivity contribution < 1.29 is 9.21 Å². The molecule has 0 aliphatic carbocycles. The highest BCUT2D eigenvalue weighted by molar-refractivity contribution is 14.1. The number of nitrogens with one attached hydrogen (secondary N) is 1. The minimum Gasteiger partial charge on any atom is -0.457 e. The molecule has 0 saturated carbocycles. The Bertz CT molecular complexity index is 524. The summed E-state index contributed by atoms with van der Waals surface area (Å²) in [6.07, 6.45) is 1.47. The molecule has 1 N–H and O–H groups in total. The van der Waals surface area contributed by atoms with Gasteiger partial charge in [0.25, 0.3) is 5.91 Å². The van der Waals surface area contributed by atoms with E-state index in [1.807, 2.05) is 24.3 Å². The fraction of sp³-hybridized carbons (Fsp3) is 0. The van der Waals surface area contributed by atoms with Crippen molar-refractivity contribution in [1.82, 2.24) is 0 Å². The summed E-state index contributed by atoms with van der Waals surface area (Å²) in [6.45, 7) is 0. The first-order chi connectivity index (χ1) is 7.68. The van der Waals surface area contributed by atoms with Crippen molar-refractivity contribution in [3.63, 3.8) is 0 Å². The molecular formula is C11H7BrINO2. The number of halogens is 2. The van der Waals surface area contributed by atoms with Crippen LogP contribution in [0.3, 0.4) is 0 Å². The van der Waals surface area contributed by atoms with Crippen LogP contribution < -0.4 is 5.32 Å². The van der Waals surface area contributed by atoms with E-state index in [1.165, 1.54) is 6.26 Å². The van der Waals surface area contributed by atoms with Gasteiger partial charge >= 0.3 is 0 Å². The molecule has 82 valence electrons. The van der Waals surface area contributed by atoms with Gasteiger partial charge in [0, 0.05) is 3.57 Å². The molecule has 3 nitrogen and oxygen atoms in total. The van der Waals surface area contributed by atoms with Gasteiger partial charge in [0.2, 0.25) is 0 Å². The van der Waals surface area contributed by atoms with Gasteiger partial charge in [-0.1, -0.05) is 12.1 Å². The van der Waals surface area contributed by atoms with Gasteiger partial charge in [0.1, 0.15) is 0 Å². The van der Waals surface area contributed by atoms with Crippen molar-refractivity contribution in [1.29, 1.82) is 0 Å². The van der Waals surface area contributed by atoms with Gasteiger partial charge in [-0.3, -0.25) is 4.79 Å². The summed E-state index contributed by atoms with van der Waals surface area (Å²) < 4.78 is 6.44. The van der Waals surface area contributed by atoms with Gasteiger partial charge in [0.05, 0.1) is 17.5 Å². The summed E-state index contributed by atoms with van der Waals surface area (Å²) in [6, 6.07) is 9.21. The molecule has 0 aliphatic heterocycles. The lowest BCUT2D eigenvalue weighted by atomic mass is 10.3. The number of benzene rings is 1. The molecule has 0 bridgehead atoms. The number of para-hydroxylation sites is 1. The van der Waals surface area contributed by atoms with E-state index in [9.17, 15) is 4.79 Å². The zero-order valence-electron chi connectivity index (χ0n) is 8.04. The van der Waals surface area contributed by atoms with Crippen LogP contribution in [0.4, 0.5) is 5.69 Å². The van der Waals surface area contributed by atoms with Crippen LogP contribution in [0.5, 0.6) is 0 Å². The summed E-state index contributed by atoms with van der Waals surface area (Å²) in [7, 11) is 0. The van der Waals surface area contributed by atoms with Gasteiger partial charge in [-0.2, -0.15) is 0 Å². The average Bonchev–Trinajstić information content (AvgIpc) is 2.68. The molecule has 2 aromatic rings. The van der Waals surface area contributed by atoms with E-state index in [4.69, 9.17) is 4.42 Å². The Kier molecular flexibility index (Phi) is 3.65. The highest BCUT2D eigenvalue weighted by Gasteiger charge is 2.13. The van der Waals surface area contributed by atoms with E-state index < -0.39 is 0 Å². The Balaban J connectivity index is 2.21. The Morgan fingerprint density at radius 3 is 2.69 bits per heavy atom. The molecule has 5 heteroatoms. The lowest BCUT2D eigenvalue weighted by Gasteiger charge is -2.05. The number of carbonyl (C=O) groups is 1. The number of furan rings is 1. The number of amides is 1. The molecule has 16 heavy (non-hydrogen) atoms. The number of hydrogen-bond acceptors (Lipinski definition) is 2. The molecule has 0 atom stereocenters. The number of anilines is 1. The van der Waals surface area contributed by atoms with Crippen LogP contribution in [0.25, 0.3) is 0 Å². The third-order valence-electron chi connectivity index (χ3n) is 1.98. The maximum atomic E-state index is 11.8. The molecule has 1 amide bonds. The summed E-state index contributed by atoms with van der Waals surface area (Å²) in [5, 5.41) is 2.82. The molecule has 0 unspecified atom stereocenters. The van der Waals surface area contributed by atoms with Crippen molar-refractivity contribution in [3.05, 3.63) is 50.4 Å². The molecule has 1 heterocycles. The average molecular weight is 392 g/mol. The fourth-order valence-corrected chi connectivity index (χ4v) is 2.15. The Labute approximate surface area is 114 Å². The van der Waals surface area contributed by atoms with Crippen molar-refractivity contribution in [2.24, 2.45) is 0 Å². The predicted octanol–water partition coefficient (Wildman–Crippen LogP) is 3.90. The predicted molar refractivity (Wildman–Crippen MR) is 73.5 cm³/mol. The summed E-state index contributed by atoms with van der Waals surface area (Å²) in [5.74, 6) is -0.190. The molecular weight excluding hydrogens is 385 g/mol. The molecule has 2 rings (SSSR count). The third-order valence-corrected chi connectivity index (χ3v) is 3.54. The number of hydrogen-bond donors (Lipinski definition) is 1. The smallest absolute Gasteiger partial charge is 0.260 e. The van der Waals surface area contributed by atoms with Crippen LogP contribution in [-0.2, 0) is 0 Å². The topological polar surface area (TPSA) is 42.2 Å². The Morgan fingerprint density at radius 2 is 2.06 bits per heavy atom. The molecule has 0 radical (unpaired) electrons. The van der Waals surface area contributed by atoms with Gasteiger partial charge in [-0.25, -0.2) is 0 Å². The van der Waals surface area contributed by atoms with E-state index in [-0.39, 0.29) is 5.91 Å². The monoisotopic (exact) mass is 391 g/mol. The zero-order valence-corrected chi connectivity index (χ0v) is 11.8. The minimum atomic E-state index is -0.190. The summed E-state index contributed by atoms with van der Waals surface area (Å²) in [5.41, 5.74) is 1.28. The lowest BCUT2D eigenvalue weighted by molar-refractivity contribution is 0.102. The van der Waals surface area contributed by atoms with Gasteiger partial charge < -0.3 is 9.73 Å². The van der Waals surface area contributed by atoms with E-state index in [1.54, 1.807) is 6.07 Å². The van der Waals surface area contributed by atoms with Crippen molar-refractivity contribution in [2.75, 3.05) is 5.32 Å². The third kappa shape index (κ3) is 2.46. The maximum absolute atomic E-state index is 11.8. The second-order valence-corrected chi connectivity index (χ2v) is 4.92. The Hall–Kier alpha value is -0.820. The summed E-state index contributed by atoms with van der Waals surface area (Å²) in [4.78, 5) is 11.8. The fourth-order valence-electron chi connectivity index (χ4n) is 1.21. The second-order valence-electron chi connectivity index (χ2n) is 3.04. The van der Waals surface area contributed by atoms with Crippen LogP contribution in [0.1, 0.15) is 10.4 Å². The van der Waals surface area contributed by atoms with Crippen LogP contribution in [0.2, 0.25) is 0 Å². The summed E-state index contributed by atoms with van der Waals surface area (Å²) >= 11 is 5.34. The Morgan fingerprint density at radius 1 is 1.31 bits per heavy atom. The first-order valence-corrected chi connectivity index (χ1v) is 6.34. The number of rotatable bonds is 2. The highest BCUT2D eigenvalue weighted by Crippen LogP contribution is 2.21. The highest BCUT2D eigenvalue weighted by atomic mass is 127. The molecule has 1 aromatic carbocycles. The lowest BCUT2D eigenvalue weighted by Crippen LogP contribution is -2.12. The van der Waals surface area contributed by atoms with Crippen molar-refractivity contribution >= 4 is 50.1 Å².